The number of hydrogen-bond acceptors (Lipinski definition) is 4. The molecule has 144 valence electrons. The van der Waals surface area contributed by atoms with Gasteiger partial charge in [-0.2, -0.15) is 0 Å². The minimum Gasteiger partial charge on any atom is -0.455 e. The van der Waals surface area contributed by atoms with Crippen molar-refractivity contribution in [1.82, 2.24) is 0 Å². The van der Waals surface area contributed by atoms with Gasteiger partial charge in [-0.3, -0.25) is 0 Å². The largest absolute Gasteiger partial charge is 0.455 e. The summed E-state index contributed by atoms with van der Waals surface area (Å²) in [4.78, 5) is 25.4. The maximum atomic E-state index is 12.7. The first-order valence-electron chi connectivity index (χ1n) is 10.2. The van der Waals surface area contributed by atoms with Gasteiger partial charge in [0, 0.05) is 5.92 Å². The molecule has 4 nitrogen and oxygen atoms in total. The molecule has 0 N–H and O–H groups in total. The van der Waals surface area contributed by atoms with Crippen molar-refractivity contribution in [2.45, 2.75) is 37.9 Å². The maximum absolute atomic E-state index is 12.7. The first kappa shape index (κ1) is 17.5. The van der Waals surface area contributed by atoms with Crippen LogP contribution in [0.3, 0.4) is 0 Å². The monoisotopic (exact) mass is 376 g/mol. The Morgan fingerprint density at radius 2 is 1.29 bits per heavy atom. The lowest BCUT2D eigenvalue weighted by atomic mass is 9.81. The summed E-state index contributed by atoms with van der Waals surface area (Å²) in [5, 5.41) is 0. The molecule has 3 aliphatic rings. The standard InChI is InChI=1S/C24H24O4/c25-23(15-7-3-1-4-8-15)27-20-14-19-17-11-12-18(13-17)21(19)22(20)28-24(26)16-9-5-2-6-10-16/h1-10,17-22H,11-14H2. The second-order valence-corrected chi connectivity index (χ2v) is 8.36. The molecule has 0 heterocycles. The van der Waals surface area contributed by atoms with Crippen LogP contribution in [-0.2, 0) is 9.47 Å². The third-order valence-corrected chi connectivity index (χ3v) is 6.93. The fourth-order valence-electron chi connectivity index (χ4n) is 5.78. The van der Waals surface area contributed by atoms with E-state index in [0.29, 0.717) is 34.8 Å². The van der Waals surface area contributed by atoms with Crippen molar-refractivity contribution < 1.29 is 19.1 Å². The molecule has 3 aliphatic carbocycles. The molecular formula is C24H24O4. The van der Waals surface area contributed by atoms with E-state index in [0.717, 1.165) is 6.42 Å². The van der Waals surface area contributed by atoms with E-state index >= 15 is 0 Å². The van der Waals surface area contributed by atoms with Gasteiger partial charge in [0.05, 0.1) is 11.1 Å². The molecule has 5 rings (SSSR count). The summed E-state index contributed by atoms with van der Waals surface area (Å²) < 4.78 is 11.9. The molecule has 0 radical (unpaired) electrons. The first-order valence-corrected chi connectivity index (χ1v) is 10.2. The van der Waals surface area contributed by atoms with Crippen molar-refractivity contribution in [1.29, 1.82) is 0 Å². The van der Waals surface area contributed by atoms with Crippen molar-refractivity contribution in [2.24, 2.45) is 23.7 Å². The summed E-state index contributed by atoms with van der Waals surface area (Å²) in [5.74, 6) is 1.44. The smallest absolute Gasteiger partial charge is 0.338 e. The zero-order chi connectivity index (χ0) is 19.1. The summed E-state index contributed by atoms with van der Waals surface area (Å²) in [6.45, 7) is 0. The summed E-state index contributed by atoms with van der Waals surface area (Å²) in [7, 11) is 0. The zero-order valence-corrected chi connectivity index (χ0v) is 15.7. The van der Waals surface area contributed by atoms with Crippen LogP contribution in [0.4, 0.5) is 0 Å². The van der Waals surface area contributed by atoms with Gasteiger partial charge in [-0.25, -0.2) is 9.59 Å². The molecule has 0 amide bonds. The van der Waals surface area contributed by atoms with Crippen molar-refractivity contribution >= 4 is 11.9 Å². The first-order chi connectivity index (χ1) is 13.7. The van der Waals surface area contributed by atoms with Crippen LogP contribution in [-0.4, -0.2) is 24.1 Å². The molecular weight excluding hydrogens is 352 g/mol. The number of fused-ring (bicyclic) bond motifs is 5. The Bertz CT molecular complexity index is 863. The fourth-order valence-corrected chi connectivity index (χ4v) is 5.78. The number of carbonyl (C=O) groups is 2. The van der Waals surface area contributed by atoms with Crippen molar-refractivity contribution in [2.75, 3.05) is 0 Å². The number of benzene rings is 2. The van der Waals surface area contributed by atoms with Gasteiger partial charge in [0.25, 0.3) is 0 Å². The minimum absolute atomic E-state index is 0.319. The molecule has 2 aromatic rings. The second kappa shape index (κ2) is 7.08. The quantitative estimate of drug-likeness (QED) is 0.737. The Kier molecular flexibility index (Phi) is 4.42. The van der Waals surface area contributed by atoms with Crippen LogP contribution in [0.15, 0.2) is 60.7 Å². The highest BCUT2D eigenvalue weighted by atomic mass is 16.6. The predicted molar refractivity (Wildman–Crippen MR) is 104 cm³/mol. The van der Waals surface area contributed by atoms with E-state index in [1.165, 1.54) is 19.3 Å². The van der Waals surface area contributed by atoms with E-state index < -0.39 is 0 Å². The molecule has 2 bridgehead atoms. The summed E-state index contributed by atoms with van der Waals surface area (Å²) >= 11 is 0. The molecule has 3 fully saturated rings. The maximum Gasteiger partial charge on any atom is 0.338 e. The lowest BCUT2D eigenvalue weighted by Gasteiger charge is -2.29. The van der Waals surface area contributed by atoms with Crippen molar-refractivity contribution in [3.8, 4) is 0 Å². The van der Waals surface area contributed by atoms with Crippen LogP contribution in [0.5, 0.6) is 0 Å². The van der Waals surface area contributed by atoms with E-state index in [1.54, 1.807) is 24.3 Å². The average Bonchev–Trinajstić information content (AvgIpc) is 3.43. The minimum atomic E-state index is -0.362. The van der Waals surface area contributed by atoms with Gasteiger partial charge >= 0.3 is 11.9 Å². The predicted octanol–water partition coefficient (Wildman–Crippen LogP) is 4.50. The van der Waals surface area contributed by atoms with Gasteiger partial charge in [-0.05, 0) is 67.7 Å². The highest BCUT2D eigenvalue weighted by Gasteiger charge is 2.59. The van der Waals surface area contributed by atoms with Gasteiger partial charge in [-0.15, -0.1) is 0 Å². The van der Waals surface area contributed by atoms with E-state index in [-0.39, 0.29) is 24.1 Å². The van der Waals surface area contributed by atoms with E-state index in [9.17, 15) is 9.59 Å². The fraction of sp³-hybridized carbons (Fsp3) is 0.417. The SMILES string of the molecule is O=C(OC1CC2C3CCC(C3)C2C1OC(=O)c1ccccc1)c1ccccc1. The lowest BCUT2D eigenvalue weighted by molar-refractivity contribution is -0.0416. The Hall–Kier alpha value is -2.62. The summed E-state index contributed by atoms with van der Waals surface area (Å²) in [5.41, 5.74) is 1.08. The number of ether oxygens (including phenoxy) is 2. The lowest BCUT2D eigenvalue weighted by Crippen LogP contribution is -2.37. The normalized spacial score (nSPS) is 32.7. The van der Waals surface area contributed by atoms with E-state index in [4.69, 9.17) is 9.47 Å². The van der Waals surface area contributed by atoms with Gasteiger partial charge in [-0.1, -0.05) is 36.4 Å². The summed E-state index contributed by atoms with van der Waals surface area (Å²) in [6, 6.07) is 18.1. The van der Waals surface area contributed by atoms with Crippen molar-refractivity contribution in [3.63, 3.8) is 0 Å². The molecule has 4 heteroatoms. The van der Waals surface area contributed by atoms with Crippen LogP contribution in [0, 0.1) is 23.7 Å². The molecule has 0 aromatic heterocycles. The second-order valence-electron chi connectivity index (χ2n) is 8.36. The number of carbonyl (C=O) groups excluding carboxylic acids is 2. The van der Waals surface area contributed by atoms with Crippen LogP contribution < -0.4 is 0 Å². The van der Waals surface area contributed by atoms with Gasteiger partial charge in [0.2, 0.25) is 0 Å². The molecule has 2 aromatic carbocycles. The zero-order valence-electron chi connectivity index (χ0n) is 15.7. The highest BCUT2D eigenvalue weighted by Crippen LogP contribution is 2.60. The Morgan fingerprint density at radius 1 is 0.714 bits per heavy atom. The Morgan fingerprint density at radius 3 is 1.93 bits per heavy atom. The van der Waals surface area contributed by atoms with Crippen LogP contribution in [0.25, 0.3) is 0 Å². The van der Waals surface area contributed by atoms with E-state index in [2.05, 4.69) is 0 Å². The van der Waals surface area contributed by atoms with Crippen LogP contribution >= 0.6 is 0 Å². The average molecular weight is 376 g/mol. The molecule has 0 saturated heterocycles. The molecule has 0 spiro atoms. The molecule has 6 atom stereocenters. The third-order valence-electron chi connectivity index (χ3n) is 6.93. The Labute approximate surface area is 164 Å². The highest BCUT2D eigenvalue weighted by molar-refractivity contribution is 5.90. The molecule has 28 heavy (non-hydrogen) atoms. The number of hydrogen-bond donors (Lipinski definition) is 0. The number of rotatable bonds is 4. The molecule has 0 aliphatic heterocycles. The van der Waals surface area contributed by atoms with Crippen LogP contribution in [0.2, 0.25) is 0 Å². The van der Waals surface area contributed by atoms with Crippen molar-refractivity contribution in [3.05, 3.63) is 71.8 Å². The van der Waals surface area contributed by atoms with Gasteiger partial charge in [0.15, 0.2) is 0 Å². The van der Waals surface area contributed by atoms with Gasteiger partial charge in [0.1, 0.15) is 12.2 Å². The third kappa shape index (κ3) is 3.01. The molecule has 6 unspecified atom stereocenters. The topological polar surface area (TPSA) is 52.6 Å². The summed E-state index contributed by atoms with van der Waals surface area (Å²) in [6.07, 6.45) is 3.78. The molecule has 3 saturated carbocycles. The van der Waals surface area contributed by atoms with Gasteiger partial charge < -0.3 is 9.47 Å². The van der Waals surface area contributed by atoms with Crippen LogP contribution in [0.1, 0.15) is 46.4 Å². The Balaban J connectivity index is 1.37. The van der Waals surface area contributed by atoms with E-state index in [1.807, 2.05) is 36.4 Å². The number of esters is 2.